The van der Waals surface area contributed by atoms with Crippen molar-refractivity contribution in [3.63, 3.8) is 0 Å². The van der Waals surface area contributed by atoms with E-state index < -0.39 is 0 Å². The molecule has 0 heterocycles. The van der Waals surface area contributed by atoms with Gasteiger partial charge in [-0.05, 0) is 42.0 Å². The number of ether oxygens (including phenoxy) is 1. The monoisotopic (exact) mass is 350 g/mol. The summed E-state index contributed by atoms with van der Waals surface area (Å²) in [6.07, 6.45) is 3.87. The molecule has 0 saturated carbocycles. The number of hydrogen-bond acceptors (Lipinski definition) is 6. The number of nitrogens with one attached hydrogen (secondary N) is 1. The number of nitrogens with two attached hydrogens (primary N) is 3. The zero-order valence-electron chi connectivity index (χ0n) is 13.2. The normalized spacial score (nSPS) is 10.4. The molecule has 0 aromatic heterocycles. The fourth-order valence-electron chi connectivity index (χ4n) is 2.05. The van der Waals surface area contributed by atoms with Crippen LogP contribution in [-0.4, -0.2) is 24.9 Å². The molecule has 0 atom stereocenters. The smallest absolute Gasteiger partial charge is 0.142 e. The van der Waals surface area contributed by atoms with Gasteiger partial charge in [-0.25, -0.2) is 0 Å². The van der Waals surface area contributed by atoms with Crippen molar-refractivity contribution in [3.05, 3.63) is 48.0 Å². The summed E-state index contributed by atoms with van der Waals surface area (Å²) < 4.78 is 5.31. The largest absolute Gasteiger partial charge is 0.489 e. The van der Waals surface area contributed by atoms with Crippen LogP contribution in [0.4, 0.5) is 22.7 Å². The van der Waals surface area contributed by atoms with Crippen LogP contribution >= 0.6 is 12.4 Å². The summed E-state index contributed by atoms with van der Waals surface area (Å²) >= 11 is 0. The first-order valence-corrected chi connectivity index (χ1v) is 7.28. The molecule has 2 aromatic carbocycles. The molecule has 0 bridgehead atoms. The highest BCUT2D eigenvalue weighted by atomic mass is 35.5. The number of aliphatic hydroxyl groups is 1. The van der Waals surface area contributed by atoms with Gasteiger partial charge in [0, 0.05) is 23.6 Å². The van der Waals surface area contributed by atoms with E-state index in [1.54, 1.807) is 24.3 Å². The first kappa shape index (κ1) is 19.5. The second-order valence-electron chi connectivity index (χ2n) is 5.00. The Morgan fingerprint density at radius 2 is 1.83 bits per heavy atom. The molecular formula is C17H23ClN4O2. The molecule has 7 heteroatoms. The van der Waals surface area contributed by atoms with Crippen LogP contribution in [0.5, 0.6) is 5.75 Å². The zero-order chi connectivity index (χ0) is 16.7. The molecule has 0 aliphatic rings. The predicted molar refractivity (Wildman–Crippen MR) is 103 cm³/mol. The van der Waals surface area contributed by atoms with Crippen LogP contribution in [0, 0.1) is 0 Å². The van der Waals surface area contributed by atoms with E-state index in [0.717, 1.165) is 11.3 Å². The summed E-state index contributed by atoms with van der Waals surface area (Å²) in [6.45, 7) is 0.795. The van der Waals surface area contributed by atoms with Crippen molar-refractivity contribution >= 4 is 41.2 Å². The van der Waals surface area contributed by atoms with Gasteiger partial charge in [0.2, 0.25) is 0 Å². The Kier molecular flexibility index (Phi) is 7.74. The summed E-state index contributed by atoms with van der Waals surface area (Å²) in [7, 11) is 0. The highest BCUT2D eigenvalue weighted by Gasteiger charge is 2.01. The Hall–Kier alpha value is -2.57. The fourth-order valence-corrected chi connectivity index (χ4v) is 2.05. The minimum atomic E-state index is -0.0443. The topological polar surface area (TPSA) is 120 Å². The van der Waals surface area contributed by atoms with Gasteiger partial charge in [0.05, 0.1) is 12.3 Å². The number of halogens is 1. The van der Waals surface area contributed by atoms with Gasteiger partial charge in [-0.1, -0.05) is 12.2 Å². The Morgan fingerprint density at radius 1 is 1.04 bits per heavy atom. The second-order valence-corrected chi connectivity index (χ2v) is 5.00. The minimum absolute atomic E-state index is 0. The van der Waals surface area contributed by atoms with Crippen LogP contribution in [0.2, 0.25) is 0 Å². The van der Waals surface area contributed by atoms with Gasteiger partial charge in [-0.3, -0.25) is 0 Å². The lowest BCUT2D eigenvalue weighted by Gasteiger charge is -2.10. The lowest BCUT2D eigenvalue weighted by Crippen LogP contribution is -2.05. The average molecular weight is 351 g/mol. The maximum atomic E-state index is 8.74. The summed E-state index contributed by atoms with van der Waals surface area (Å²) in [5.74, 6) is 0.563. The highest BCUT2D eigenvalue weighted by molar-refractivity contribution is 5.85. The Labute approximate surface area is 147 Å². The quantitative estimate of drug-likeness (QED) is 0.489. The Bertz CT molecular complexity index is 692. The van der Waals surface area contributed by atoms with E-state index in [4.69, 9.17) is 27.0 Å². The average Bonchev–Trinajstić information content (AvgIpc) is 2.54. The van der Waals surface area contributed by atoms with Crippen molar-refractivity contribution in [3.8, 4) is 5.75 Å². The van der Waals surface area contributed by atoms with Gasteiger partial charge in [-0.2, -0.15) is 0 Å². The number of benzene rings is 2. The van der Waals surface area contributed by atoms with E-state index in [2.05, 4.69) is 5.32 Å². The van der Waals surface area contributed by atoms with Crippen molar-refractivity contribution < 1.29 is 9.84 Å². The van der Waals surface area contributed by atoms with Crippen LogP contribution < -0.4 is 27.3 Å². The van der Waals surface area contributed by atoms with E-state index in [9.17, 15) is 0 Å². The second kappa shape index (κ2) is 9.54. The third-order valence-electron chi connectivity index (χ3n) is 3.19. The summed E-state index contributed by atoms with van der Waals surface area (Å²) in [6, 6.07) is 10.8. The standard InChI is InChI=1S/C17H22N4O2.ClH/c18-13-3-5-15(19)12(10-13)2-1-7-21-14-4-6-17(16(20)11-14)23-9-8-22;/h1-6,10-11,21-22H,7-9,18-20H2;1H/b2-1+;. The van der Waals surface area contributed by atoms with Crippen LogP contribution in [0.25, 0.3) is 6.08 Å². The number of rotatable bonds is 7. The van der Waals surface area contributed by atoms with Crippen molar-refractivity contribution in [2.75, 3.05) is 42.3 Å². The van der Waals surface area contributed by atoms with Crippen LogP contribution in [-0.2, 0) is 0 Å². The first-order valence-electron chi connectivity index (χ1n) is 7.28. The van der Waals surface area contributed by atoms with Crippen LogP contribution in [0.1, 0.15) is 5.56 Å². The number of anilines is 4. The Morgan fingerprint density at radius 3 is 2.54 bits per heavy atom. The van der Waals surface area contributed by atoms with Gasteiger partial charge in [0.1, 0.15) is 12.4 Å². The predicted octanol–water partition coefficient (Wildman–Crippen LogP) is 2.35. The van der Waals surface area contributed by atoms with Crippen LogP contribution in [0.3, 0.4) is 0 Å². The molecule has 8 N–H and O–H groups in total. The lowest BCUT2D eigenvalue weighted by molar-refractivity contribution is 0.202. The van der Waals surface area contributed by atoms with Crippen molar-refractivity contribution in [1.82, 2.24) is 0 Å². The van der Waals surface area contributed by atoms with E-state index in [1.165, 1.54) is 0 Å². The lowest BCUT2D eigenvalue weighted by atomic mass is 10.1. The molecule has 0 fully saturated rings. The van der Waals surface area contributed by atoms with E-state index in [0.29, 0.717) is 29.4 Å². The van der Waals surface area contributed by atoms with Crippen molar-refractivity contribution in [2.45, 2.75) is 0 Å². The molecule has 6 nitrogen and oxygen atoms in total. The molecule has 0 spiro atoms. The molecule has 0 amide bonds. The van der Waals surface area contributed by atoms with Gasteiger partial charge in [0.15, 0.2) is 0 Å². The molecule has 0 unspecified atom stereocenters. The van der Waals surface area contributed by atoms with E-state index >= 15 is 0 Å². The molecule has 130 valence electrons. The van der Waals surface area contributed by atoms with Gasteiger partial charge < -0.3 is 32.4 Å². The number of hydrogen-bond donors (Lipinski definition) is 5. The Balaban J connectivity index is 0.00000288. The third kappa shape index (κ3) is 5.57. The first-order chi connectivity index (χ1) is 11.1. The van der Waals surface area contributed by atoms with Crippen LogP contribution in [0.15, 0.2) is 42.5 Å². The summed E-state index contributed by atoms with van der Waals surface area (Å²) in [5.41, 5.74) is 21.2. The number of aliphatic hydroxyl groups excluding tert-OH is 1. The fraction of sp³-hybridized carbons (Fsp3) is 0.176. The molecule has 0 aliphatic heterocycles. The summed E-state index contributed by atoms with van der Waals surface area (Å²) in [5, 5.41) is 12.0. The highest BCUT2D eigenvalue weighted by Crippen LogP contribution is 2.25. The van der Waals surface area contributed by atoms with Crippen molar-refractivity contribution in [1.29, 1.82) is 0 Å². The minimum Gasteiger partial charge on any atom is -0.489 e. The van der Waals surface area contributed by atoms with Gasteiger partial charge in [-0.15, -0.1) is 12.4 Å². The molecule has 0 aliphatic carbocycles. The van der Waals surface area contributed by atoms with E-state index in [1.807, 2.05) is 24.3 Å². The molecule has 0 radical (unpaired) electrons. The molecular weight excluding hydrogens is 328 g/mol. The maximum Gasteiger partial charge on any atom is 0.142 e. The molecule has 2 aromatic rings. The van der Waals surface area contributed by atoms with Gasteiger partial charge >= 0.3 is 0 Å². The molecule has 24 heavy (non-hydrogen) atoms. The maximum absolute atomic E-state index is 8.74. The summed E-state index contributed by atoms with van der Waals surface area (Å²) in [4.78, 5) is 0. The van der Waals surface area contributed by atoms with Gasteiger partial charge in [0.25, 0.3) is 0 Å². The van der Waals surface area contributed by atoms with E-state index in [-0.39, 0.29) is 25.6 Å². The van der Waals surface area contributed by atoms with Crippen molar-refractivity contribution in [2.24, 2.45) is 0 Å². The number of nitrogen functional groups attached to an aromatic ring is 3. The third-order valence-corrected chi connectivity index (χ3v) is 3.19. The zero-order valence-corrected chi connectivity index (χ0v) is 14.1. The molecule has 2 rings (SSSR count). The SMILES string of the molecule is Cl.Nc1ccc(N)c(/C=C/CNc2ccc(OCCO)c(N)c2)c1. The molecule has 0 saturated heterocycles.